The third kappa shape index (κ3) is 4.91. The fraction of sp³-hybridized carbons (Fsp3) is 0.231. The van der Waals surface area contributed by atoms with Crippen molar-refractivity contribution in [2.75, 3.05) is 25.0 Å². The number of hydrogen-bond donors (Lipinski definition) is 2. The second-order valence-corrected chi connectivity index (χ2v) is 7.89. The third-order valence-corrected chi connectivity index (χ3v) is 5.81. The highest BCUT2D eigenvalue weighted by Crippen LogP contribution is 2.44. The lowest BCUT2D eigenvalue weighted by molar-refractivity contribution is -0.137. The van der Waals surface area contributed by atoms with Crippen molar-refractivity contribution < 1.29 is 24.2 Å². The molecule has 8 heteroatoms. The molecule has 4 rings (SSSR count). The van der Waals surface area contributed by atoms with E-state index in [0.29, 0.717) is 6.54 Å². The topological polar surface area (TPSA) is 109 Å². The maximum absolute atomic E-state index is 12.7. The SMILES string of the molecule is CCN(CCC(=O)O)C(=O)c1cccc(NC(=O)OCC2c3ccccc3-c3ccccc32)n1. The number of nitrogens with one attached hydrogen (secondary N) is 1. The van der Waals surface area contributed by atoms with Gasteiger partial charge in [0.15, 0.2) is 0 Å². The molecule has 0 atom stereocenters. The molecule has 0 fully saturated rings. The Labute approximate surface area is 197 Å². The maximum Gasteiger partial charge on any atom is 0.412 e. The van der Waals surface area contributed by atoms with Crippen LogP contribution in [-0.2, 0) is 9.53 Å². The molecule has 8 nitrogen and oxygen atoms in total. The zero-order chi connectivity index (χ0) is 24.1. The number of carbonyl (C=O) groups is 3. The fourth-order valence-corrected chi connectivity index (χ4v) is 4.16. The molecule has 1 aliphatic rings. The molecule has 2 amide bonds. The lowest BCUT2D eigenvalue weighted by atomic mass is 9.98. The van der Waals surface area contributed by atoms with Crippen molar-refractivity contribution in [3.05, 3.63) is 83.6 Å². The molecule has 2 N–H and O–H groups in total. The first kappa shape index (κ1) is 23.0. The van der Waals surface area contributed by atoms with Gasteiger partial charge in [-0.3, -0.25) is 14.9 Å². The summed E-state index contributed by atoms with van der Waals surface area (Å²) in [7, 11) is 0. The highest BCUT2D eigenvalue weighted by Gasteiger charge is 2.29. The van der Waals surface area contributed by atoms with E-state index in [-0.39, 0.29) is 37.0 Å². The van der Waals surface area contributed by atoms with E-state index in [1.54, 1.807) is 19.1 Å². The largest absolute Gasteiger partial charge is 0.481 e. The number of pyridine rings is 1. The van der Waals surface area contributed by atoms with Crippen molar-refractivity contribution in [3.63, 3.8) is 0 Å². The van der Waals surface area contributed by atoms with E-state index in [2.05, 4.69) is 22.4 Å². The predicted molar refractivity (Wildman–Crippen MR) is 127 cm³/mol. The van der Waals surface area contributed by atoms with Gasteiger partial charge in [0.2, 0.25) is 0 Å². The van der Waals surface area contributed by atoms with Crippen molar-refractivity contribution in [2.45, 2.75) is 19.3 Å². The van der Waals surface area contributed by atoms with Gasteiger partial charge in [0.25, 0.3) is 5.91 Å². The number of nitrogens with zero attached hydrogens (tertiary/aromatic N) is 2. The number of carboxylic acids is 1. The number of aromatic nitrogens is 1. The van der Waals surface area contributed by atoms with Crippen LogP contribution in [0.3, 0.4) is 0 Å². The summed E-state index contributed by atoms with van der Waals surface area (Å²) in [6.07, 6.45) is -0.825. The number of carboxylic acid groups (broad SMARTS) is 1. The summed E-state index contributed by atoms with van der Waals surface area (Å²) >= 11 is 0. The smallest absolute Gasteiger partial charge is 0.412 e. The van der Waals surface area contributed by atoms with Gasteiger partial charge in [-0.05, 0) is 41.3 Å². The number of hydrogen-bond acceptors (Lipinski definition) is 5. The lowest BCUT2D eigenvalue weighted by Crippen LogP contribution is -2.33. The van der Waals surface area contributed by atoms with Crippen molar-refractivity contribution >= 4 is 23.8 Å². The molecule has 0 saturated carbocycles. The van der Waals surface area contributed by atoms with E-state index in [4.69, 9.17) is 9.84 Å². The van der Waals surface area contributed by atoms with Crippen LogP contribution in [-0.4, -0.2) is 52.7 Å². The molecule has 1 aliphatic carbocycles. The summed E-state index contributed by atoms with van der Waals surface area (Å²) in [6.45, 7) is 2.35. The third-order valence-electron chi connectivity index (χ3n) is 5.81. The summed E-state index contributed by atoms with van der Waals surface area (Å²) < 4.78 is 5.53. The Morgan fingerprint density at radius 2 is 1.62 bits per heavy atom. The zero-order valence-electron chi connectivity index (χ0n) is 18.7. The van der Waals surface area contributed by atoms with Crippen LogP contribution >= 0.6 is 0 Å². The van der Waals surface area contributed by atoms with Crippen LogP contribution in [0.25, 0.3) is 11.1 Å². The number of benzene rings is 2. The van der Waals surface area contributed by atoms with Gasteiger partial charge in [-0.25, -0.2) is 9.78 Å². The summed E-state index contributed by atoms with van der Waals surface area (Å²) in [6, 6.07) is 20.8. The maximum atomic E-state index is 12.7. The summed E-state index contributed by atoms with van der Waals surface area (Å²) in [5.41, 5.74) is 4.63. The number of amides is 2. The lowest BCUT2D eigenvalue weighted by Gasteiger charge is -2.19. The van der Waals surface area contributed by atoms with Crippen LogP contribution in [0.2, 0.25) is 0 Å². The molecule has 174 valence electrons. The molecule has 34 heavy (non-hydrogen) atoms. The predicted octanol–water partition coefficient (Wildman–Crippen LogP) is 4.38. The average molecular weight is 460 g/mol. The molecule has 0 bridgehead atoms. The minimum absolute atomic E-state index is 0.0635. The van der Waals surface area contributed by atoms with Crippen LogP contribution in [0.15, 0.2) is 66.7 Å². The molecule has 2 aromatic carbocycles. The quantitative estimate of drug-likeness (QED) is 0.518. The Morgan fingerprint density at radius 3 is 2.24 bits per heavy atom. The monoisotopic (exact) mass is 459 g/mol. The van der Waals surface area contributed by atoms with Crippen LogP contribution in [0.5, 0.6) is 0 Å². The highest BCUT2D eigenvalue weighted by molar-refractivity contribution is 5.93. The molecular formula is C26H25N3O5. The fourth-order valence-electron chi connectivity index (χ4n) is 4.16. The summed E-state index contributed by atoms with van der Waals surface area (Å²) in [4.78, 5) is 41.6. The van der Waals surface area contributed by atoms with E-state index in [9.17, 15) is 14.4 Å². The van der Waals surface area contributed by atoms with Gasteiger partial charge in [-0.15, -0.1) is 0 Å². The van der Waals surface area contributed by atoms with Crippen molar-refractivity contribution in [2.24, 2.45) is 0 Å². The Hall–Kier alpha value is -4.20. The number of fused-ring (bicyclic) bond motifs is 3. The van der Waals surface area contributed by atoms with Crippen LogP contribution in [0, 0.1) is 0 Å². The normalized spacial score (nSPS) is 11.9. The number of anilines is 1. The Kier molecular flexibility index (Phi) is 6.87. The zero-order valence-corrected chi connectivity index (χ0v) is 18.7. The van der Waals surface area contributed by atoms with Gasteiger partial charge in [-0.1, -0.05) is 54.6 Å². The average Bonchev–Trinajstić information content (AvgIpc) is 3.17. The first-order valence-corrected chi connectivity index (χ1v) is 11.1. The van der Waals surface area contributed by atoms with Crippen LogP contribution < -0.4 is 5.32 Å². The van der Waals surface area contributed by atoms with Gasteiger partial charge < -0.3 is 14.7 Å². The molecule has 0 aliphatic heterocycles. The van der Waals surface area contributed by atoms with E-state index >= 15 is 0 Å². The molecule has 3 aromatic rings. The molecular weight excluding hydrogens is 434 g/mol. The van der Waals surface area contributed by atoms with Gasteiger partial charge in [-0.2, -0.15) is 0 Å². The van der Waals surface area contributed by atoms with Gasteiger partial charge in [0.05, 0.1) is 6.42 Å². The molecule has 1 heterocycles. The first-order valence-electron chi connectivity index (χ1n) is 11.1. The highest BCUT2D eigenvalue weighted by atomic mass is 16.5. The molecule has 0 saturated heterocycles. The van der Waals surface area contributed by atoms with Crippen LogP contribution in [0.1, 0.15) is 40.9 Å². The standard InChI is InChI=1S/C26H25N3O5/c1-2-29(15-14-24(30)31)25(32)22-12-7-13-23(27-22)28-26(33)34-16-21-19-10-5-3-8-17(19)18-9-4-6-11-20(18)21/h3-13,21H,2,14-16H2,1H3,(H,30,31)(H,27,28,33). The molecule has 0 radical (unpaired) electrons. The minimum Gasteiger partial charge on any atom is -0.481 e. The van der Waals surface area contributed by atoms with E-state index in [0.717, 1.165) is 22.3 Å². The van der Waals surface area contributed by atoms with Gasteiger partial charge in [0, 0.05) is 19.0 Å². The number of aliphatic carboxylic acids is 1. The molecule has 0 unspecified atom stereocenters. The Balaban J connectivity index is 1.41. The minimum atomic E-state index is -0.982. The van der Waals surface area contributed by atoms with Gasteiger partial charge in [0.1, 0.15) is 18.1 Å². The number of ether oxygens (including phenoxy) is 1. The van der Waals surface area contributed by atoms with Gasteiger partial charge >= 0.3 is 12.1 Å². The van der Waals surface area contributed by atoms with Crippen molar-refractivity contribution in [1.82, 2.24) is 9.88 Å². The van der Waals surface area contributed by atoms with E-state index < -0.39 is 18.0 Å². The Morgan fingerprint density at radius 1 is 0.971 bits per heavy atom. The summed E-state index contributed by atoms with van der Waals surface area (Å²) in [5.74, 6) is -1.27. The molecule has 0 spiro atoms. The number of rotatable bonds is 8. The summed E-state index contributed by atoms with van der Waals surface area (Å²) in [5, 5.41) is 11.5. The van der Waals surface area contributed by atoms with Crippen LogP contribution in [0.4, 0.5) is 10.6 Å². The first-order chi connectivity index (χ1) is 16.5. The van der Waals surface area contributed by atoms with E-state index in [1.807, 2.05) is 36.4 Å². The molecule has 1 aromatic heterocycles. The van der Waals surface area contributed by atoms with Crippen molar-refractivity contribution in [1.29, 1.82) is 0 Å². The van der Waals surface area contributed by atoms with Crippen molar-refractivity contribution in [3.8, 4) is 11.1 Å². The van der Waals surface area contributed by atoms with E-state index in [1.165, 1.54) is 11.0 Å². The Bertz CT molecular complexity index is 1180. The second-order valence-electron chi connectivity index (χ2n) is 7.89. The number of carbonyl (C=O) groups excluding carboxylic acids is 2. The second kappa shape index (κ2) is 10.2.